The zero-order valence-electron chi connectivity index (χ0n) is 18.4. The van der Waals surface area contributed by atoms with E-state index in [2.05, 4.69) is 20.3 Å². The number of H-pyrrole nitrogens is 1. The van der Waals surface area contributed by atoms with E-state index in [1.807, 2.05) is 24.3 Å². The van der Waals surface area contributed by atoms with Crippen LogP contribution in [0.4, 0.5) is 5.69 Å². The third-order valence-electron chi connectivity index (χ3n) is 6.70. The molecule has 2 aromatic heterocycles. The number of nitrogens with one attached hydrogen (secondary N) is 2. The number of rotatable bonds is 4. The van der Waals surface area contributed by atoms with Gasteiger partial charge in [-0.15, -0.1) is 0 Å². The van der Waals surface area contributed by atoms with E-state index in [0.717, 1.165) is 29.7 Å². The van der Waals surface area contributed by atoms with Crippen LogP contribution < -0.4 is 10.9 Å². The van der Waals surface area contributed by atoms with Crippen LogP contribution in [-0.4, -0.2) is 44.8 Å². The molecule has 1 saturated heterocycles. The van der Waals surface area contributed by atoms with Crippen LogP contribution in [0.5, 0.6) is 0 Å². The van der Waals surface area contributed by atoms with Crippen LogP contribution in [-0.2, 0) is 16.0 Å². The van der Waals surface area contributed by atoms with Crippen molar-refractivity contribution < 1.29 is 9.59 Å². The second-order valence-corrected chi connectivity index (χ2v) is 8.66. The van der Waals surface area contributed by atoms with Crippen LogP contribution in [0, 0.1) is 12.8 Å². The first-order chi connectivity index (χ1) is 16.0. The Morgan fingerprint density at radius 2 is 1.82 bits per heavy atom. The van der Waals surface area contributed by atoms with E-state index in [1.165, 1.54) is 0 Å². The van der Waals surface area contributed by atoms with Crippen molar-refractivity contribution in [3.63, 3.8) is 0 Å². The molecule has 0 bridgehead atoms. The molecular formula is C25H25N5O3. The predicted molar refractivity (Wildman–Crippen MR) is 124 cm³/mol. The van der Waals surface area contributed by atoms with E-state index in [9.17, 15) is 14.4 Å². The quantitative estimate of drug-likeness (QED) is 0.645. The number of amides is 2. The zero-order chi connectivity index (χ0) is 22.9. The number of para-hydroxylation sites is 1. The maximum atomic E-state index is 13.0. The lowest BCUT2D eigenvalue weighted by molar-refractivity contribution is -0.132. The Bertz CT molecular complexity index is 1260. The topological polar surface area (TPSA) is 108 Å². The van der Waals surface area contributed by atoms with Gasteiger partial charge in [0.25, 0.3) is 5.56 Å². The number of fused-ring (bicyclic) bond motifs is 1. The van der Waals surface area contributed by atoms with E-state index >= 15 is 0 Å². The number of likely N-dealkylation sites (tertiary alicyclic amines) is 1. The summed E-state index contributed by atoms with van der Waals surface area (Å²) in [5.74, 6) is 0.463. The molecule has 2 aliphatic heterocycles. The smallest absolute Gasteiger partial charge is 0.255 e. The minimum Gasteiger partial charge on any atom is -0.342 e. The highest BCUT2D eigenvalue weighted by Crippen LogP contribution is 2.41. The van der Waals surface area contributed by atoms with Crippen LogP contribution in [0.3, 0.4) is 0 Å². The van der Waals surface area contributed by atoms with Crippen LogP contribution in [0.1, 0.15) is 35.6 Å². The lowest BCUT2D eigenvalue weighted by atomic mass is 9.80. The van der Waals surface area contributed by atoms with Crippen LogP contribution in [0.25, 0.3) is 11.4 Å². The molecule has 1 fully saturated rings. The predicted octanol–water partition coefficient (Wildman–Crippen LogP) is 2.66. The number of pyridine rings is 1. The van der Waals surface area contributed by atoms with Gasteiger partial charge in [0.15, 0.2) is 0 Å². The second-order valence-electron chi connectivity index (χ2n) is 8.66. The minimum atomic E-state index is -0.295. The van der Waals surface area contributed by atoms with E-state index < -0.39 is 0 Å². The summed E-state index contributed by atoms with van der Waals surface area (Å²) in [5, 5.41) is 2.97. The van der Waals surface area contributed by atoms with Crippen molar-refractivity contribution in [2.45, 2.75) is 32.1 Å². The van der Waals surface area contributed by atoms with Crippen molar-refractivity contribution in [2.24, 2.45) is 5.92 Å². The summed E-state index contributed by atoms with van der Waals surface area (Å²) in [6.45, 7) is 2.91. The molecule has 2 amide bonds. The third-order valence-corrected chi connectivity index (χ3v) is 6.70. The van der Waals surface area contributed by atoms with Gasteiger partial charge >= 0.3 is 0 Å². The molecule has 0 radical (unpaired) electrons. The standard InChI is InChI=1S/C25H25N5O3/c1-15-19(24(32)29-23(27-15)17-6-10-26-11-7-17)14-21(31)30-12-8-16(9-13-30)22-18-4-2-3-5-20(18)28-25(22)33/h2-7,10-11,16,22H,8-9,12-14H2,1H3,(H,28,33)(H,27,29,32). The van der Waals surface area contributed by atoms with Crippen molar-refractivity contribution in [1.29, 1.82) is 0 Å². The zero-order valence-corrected chi connectivity index (χ0v) is 18.4. The minimum absolute atomic E-state index is 0.0161. The first-order valence-electron chi connectivity index (χ1n) is 11.2. The molecule has 3 aromatic rings. The molecule has 1 aromatic carbocycles. The van der Waals surface area contributed by atoms with E-state index in [4.69, 9.17) is 0 Å². The first kappa shape index (κ1) is 21.1. The number of piperidine rings is 1. The summed E-state index contributed by atoms with van der Waals surface area (Å²) in [7, 11) is 0. The van der Waals surface area contributed by atoms with Crippen LogP contribution in [0.15, 0.2) is 53.6 Å². The Morgan fingerprint density at radius 3 is 2.55 bits per heavy atom. The Kier molecular flexibility index (Phi) is 5.50. The monoisotopic (exact) mass is 443 g/mol. The Labute approximate surface area is 191 Å². The van der Waals surface area contributed by atoms with Crippen molar-refractivity contribution in [3.05, 3.63) is 76.0 Å². The molecule has 0 spiro atoms. The largest absolute Gasteiger partial charge is 0.342 e. The van der Waals surface area contributed by atoms with Gasteiger partial charge in [-0.25, -0.2) is 4.98 Å². The summed E-state index contributed by atoms with van der Waals surface area (Å²) < 4.78 is 0. The summed E-state index contributed by atoms with van der Waals surface area (Å²) >= 11 is 0. The van der Waals surface area contributed by atoms with Gasteiger partial charge in [0.1, 0.15) is 5.82 Å². The molecule has 5 rings (SSSR count). The summed E-state index contributed by atoms with van der Waals surface area (Å²) in [4.78, 5) is 51.3. The molecule has 8 heteroatoms. The maximum absolute atomic E-state index is 13.0. The molecule has 168 valence electrons. The number of aryl methyl sites for hydroxylation is 1. The Balaban J connectivity index is 1.25. The van der Waals surface area contributed by atoms with Crippen LogP contribution >= 0.6 is 0 Å². The number of carbonyl (C=O) groups is 2. The molecular weight excluding hydrogens is 418 g/mol. The number of anilines is 1. The highest BCUT2D eigenvalue weighted by molar-refractivity contribution is 6.03. The third kappa shape index (κ3) is 4.04. The number of aromatic amines is 1. The lowest BCUT2D eigenvalue weighted by Gasteiger charge is -2.34. The summed E-state index contributed by atoms with van der Waals surface area (Å²) in [6.07, 6.45) is 4.81. The molecule has 2 aliphatic rings. The van der Waals surface area contributed by atoms with Crippen molar-refractivity contribution >= 4 is 17.5 Å². The maximum Gasteiger partial charge on any atom is 0.255 e. The van der Waals surface area contributed by atoms with Gasteiger partial charge in [-0.3, -0.25) is 19.4 Å². The van der Waals surface area contributed by atoms with Crippen LogP contribution in [0.2, 0.25) is 0 Å². The highest BCUT2D eigenvalue weighted by Gasteiger charge is 2.38. The van der Waals surface area contributed by atoms with E-state index in [-0.39, 0.29) is 35.6 Å². The van der Waals surface area contributed by atoms with Gasteiger partial charge in [0.05, 0.1) is 12.3 Å². The van der Waals surface area contributed by atoms with Gasteiger partial charge < -0.3 is 15.2 Å². The fourth-order valence-corrected chi connectivity index (χ4v) is 4.91. The van der Waals surface area contributed by atoms with Gasteiger partial charge in [0, 0.05) is 48.0 Å². The molecule has 2 N–H and O–H groups in total. The molecule has 1 atom stereocenters. The molecule has 0 saturated carbocycles. The Morgan fingerprint density at radius 1 is 1.09 bits per heavy atom. The van der Waals surface area contributed by atoms with E-state index in [1.54, 1.807) is 36.4 Å². The van der Waals surface area contributed by atoms with Gasteiger partial charge in [-0.1, -0.05) is 18.2 Å². The Hall–Kier alpha value is -3.81. The van der Waals surface area contributed by atoms with E-state index in [0.29, 0.717) is 30.2 Å². The SMILES string of the molecule is Cc1nc(-c2ccncc2)[nH]c(=O)c1CC(=O)N1CCC(C2C(=O)Nc3ccccc32)CC1. The van der Waals surface area contributed by atoms with Crippen molar-refractivity contribution in [2.75, 3.05) is 18.4 Å². The molecule has 33 heavy (non-hydrogen) atoms. The molecule has 0 aliphatic carbocycles. The summed E-state index contributed by atoms with van der Waals surface area (Å²) in [5.41, 5.74) is 3.36. The fourth-order valence-electron chi connectivity index (χ4n) is 4.91. The number of aromatic nitrogens is 3. The first-order valence-corrected chi connectivity index (χ1v) is 11.2. The number of nitrogens with zero attached hydrogens (tertiary/aromatic N) is 3. The summed E-state index contributed by atoms with van der Waals surface area (Å²) in [6, 6.07) is 11.4. The van der Waals surface area contributed by atoms with Gasteiger partial charge in [-0.2, -0.15) is 0 Å². The van der Waals surface area contributed by atoms with Crippen molar-refractivity contribution in [3.8, 4) is 11.4 Å². The lowest BCUT2D eigenvalue weighted by Crippen LogP contribution is -2.42. The molecule has 1 unspecified atom stereocenters. The normalized spacial score (nSPS) is 18.2. The average molecular weight is 444 g/mol. The average Bonchev–Trinajstić information content (AvgIpc) is 3.17. The number of carbonyl (C=O) groups excluding carboxylic acids is 2. The van der Waals surface area contributed by atoms with Gasteiger partial charge in [-0.05, 0) is 49.4 Å². The van der Waals surface area contributed by atoms with Crippen molar-refractivity contribution in [1.82, 2.24) is 19.9 Å². The number of hydrogen-bond donors (Lipinski definition) is 2. The molecule has 8 nitrogen and oxygen atoms in total. The molecule has 4 heterocycles. The number of benzene rings is 1. The second kappa shape index (κ2) is 8.61. The fraction of sp³-hybridized carbons (Fsp3) is 0.320. The van der Waals surface area contributed by atoms with Gasteiger partial charge in [0.2, 0.25) is 11.8 Å². The highest BCUT2D eigenvalue weighted by atomic mass is 16.2. The number of hydrogen-bond acceptors (Lipinski definition) is 5.